The van der Waals surface area contributed by atoms with Crippen LogP contribution in [0.4, 0.5) is 0 Å². The van der Waals surface area contributed by atoms with Crippen LogP contribution in [-0.4, -0.2) is 49.5 Å². The van der Waals surface area contributed by atoms with Crippen molar-refractivity contribution in [1.82, 2.24) is 14.8 Å². The highest BCUT2D eigenvalue weighted by Crippen LogP contribution is 2.41. The Morgan fingerprint density at radius 2 is 2.08 bits per heavy atom. The van der Waals surface area contributed by atoms with Gasteiger partial charge in [-0.1, -0.05) is 18.2 Å². The average Bonchev–Trinajstić information content (AvgIpc) is 2.99. The number of amides is 1. The highest BCUT2D eigenvalue weighted by Gasteiger charge is 2.55. The number of carboxylic acid groups (broad SMARTS) is 1. The maximum absolute atomic E-state index is 13.0. The standard InChI is InChI=1S/C18H21N3O3/c1-10(17(23)24)21-16(22)15-8-12-11-6-4-5-7-13(11)19-14(12)9-20(15)18(21,2)3/h4-7,10,15,19H,8-9H2,1-3H3,(H,23,24)/t10-,15-/m0/s1. The zero-order valence-corrected chi connectivity index (χ0v) is 14.0. The van der Waals surface area contributed by atoms with Gasteiger partial charge in [-0.25, -0.2) is 4.79 Å². The monoisotopic (exact) mass is 327 g/mol. The molecule has 0 spiro atoms. The first-order chi connectivity index (χ1) is 11.3. The van der Waals surface area contributed by atoms with E-state index in [-0.39, 0.29) is 11.9 Å². The normalized spacial score (nSPS) is 24.0. The maximum atomic E-state index is 13.0. The van der Waals surface area contributed by atoms with Gasteiger partial charge in [0.15, 0.2) is 0 Å². The number of hydrogen-bond donors (Lipinski definition) is 2. The van der Waals surface area contributed by atoms with Crippen LogP contribution >= 0.6 is 0 Å². The third-order valence-electron chi connectivity index (χ3n) is 5.56. The first-order valence-electron chi connectivity index (χ1n) is 8.23. The lowest BCUT2D eigenvalue weighted by molar-refractivity contribution is -0.152. The van der Waals surface area contributed by atoms with E-state index in [2.05, 4.69) is 16.0 Å². The van der Waals surface area contributed by atoms with Crippen molar-refractivity contribution in [3.8, 4) is 0 Å². The van der Waals surface area contributed by atoms with Gasteiger partial charge in [0.1, 0.15) is 6.04 Å². The van der Waals surface area contributed by atoms with E-state index in [4.69, 9.17) is 0 Å². The molecule has 6 nitrogen and oxygen atoms in total. The average molecular weight is 327 g/mol. The van der Waals surface area contributed by atoms with E-state index >= 15 is 0 Å². The predicted molar refractivity (Wildman–Crippen MR) is 89.4 cm³/mol. The number of para-hydroxylation sites is 1. The molecule has 0 saturated carbocycles. The highest BCUT2D eigenvalue weighted by atomic mass is 16.4. The SMILES string of the molecule is C[C@@H](C(=O)O)N1C(=O)[C@@H]2Cc3c([nH]c4ccccc34)CN2C1(C)C. The highest BCUT2D eigenvalue weighted by molar-refractivity contribution is 5.92. The number of rotatable bonds is 2. The lowest BCUT2D eigenvalue weighted by atomic mass is 9.96. The fourth-order valence-electron chi connectivity index (χ4n) is 4.35. The topological polar surface area (TPSA) is 76.6 Å². The fraction of sp³-hybridized carbons (Fsp3) is 0.444. The molecule has 1 aromatic heterocycles. The number of hydrogen-bond acceptors (Lipinski definition) is 3. The van der Waals surface area contributed by atoms with E-state index in [0.717, 1.165) is 16.6 Å². The zero-order chi connectivity index (χ0) is 17.2. The third-order valence-corrected chi connectivity index (χ3v) is 5.56. The molecular weight excluding hydrogens is 306 g/mol. The van der Waals surface area contributed by atoms with Gasteiger partial charge in [-0.2, -0.15) is 0 Å². The molecule has 6 heteroatoms. The number of aliphatic carboxylic acids is 1. The Bertz CT molecular complexity index is 854. The van der Waals surface area contributed by atoms with Gasteiger partial charge in [0.25, 0.3) is 0 Å². The number of aromatic amines is 1. The summed E-state index contributed by atoms with van der Waals surface area (Å²) >= 11 is 0. The minimum atomic E-state index is -0.972. The van der Waals surface area contributed by atoms with Crippen molar-refractivity contribution in [2.45, 2.75) is 51.5 Å². The fourth-order valence-corrected chi connectivity index (χ4v) is 4.35. The van der Waals surface area contributed by atoms with Crippen molar-refractivity contribution >= 4 is 22.8 Å². The Morgan fingerprint density at radius 1 is 1.38 bits per heavy atom. The molecule has 2 aromatic rings. The number of H-pyrrole nitrogens is 1. The summed E-state index contributed by atoms with van der Waals surface area (Å²) in [4.78, 5) is 31.5. The Kier molecular flexibility index (Phi) is 3.06. The number of nitrogens with one attached hydrogen (secondary N) is 1. The van der Waals surface area contributed by atoms with Gasteiger partial charge in [0.2, 0.25) is 5.91 Å². The molecule has 3 heterocycles. The van der Waals surface area contributed by atoms with E-state index in [1.165, 1.54) is 10.5 Å². The molecule has 0 radical (unpaired) electrons. The molecule has 1 aromatic carbocycles. The zero-order valence-electron chi connectivity index (χ0n) is 14.0. The first-order valence-corrected chi connectivity index (χ1v) is 8.23. The molecule has 0 bridgehead atoms. The van der Waals surface area contributed by atoms with Gasteiger partial charge in [-0.3, -0.25) is 9.69 Å². The van der Waals surface area contributed by atoms with Gasteiger partial charge in [-0.15, -0.1) is 0 Å². The minimum absolute atomic E-state index is 0.0918. The van der Waals surface area contributed by atoms with Gasteiger partial charge in [0, 0.05) is 23.1 Å². The van der Waals surface area contributed by atoms with Crippen LogP contribution in [0.5, 0.6) is 0 Å². The van der Waals surface area contributed by atoms with Crippen molar-refractivity contribution in [2.24, 2.45) is 0 Å². The molecule has 126 valence electrons. The second-order valence-electron chi connectivity index (χ2n) is 7.19. The molecule has 0 aliphatic carbocycles. The molecular formula is C18H21N3O3. The summed E-state index contributed by atoms with van der Waals surface area (Å²) in [7, 11) is 0. The number of carbonyl (C=O) groups excluding carboxylic acids is 1. The van der Waals surface area contributed by atoms with Crippen LogP contribution in [0.25, 0.3) is 10.9 Å². The number of aromatic nitrogens is 1. The molecule has 24 heavy (non-hydrogen) atoms. The van der Waals surface area contributed by atoms with Crippen molar-refractivity contribution in [1.29, 1.82) is 0 Å². The first kappa shape index (κ1) is 15.2. The molecule has 4 rings (SSSR count). The van der Waals surface area contributed by atoms with Crippen LogP contribution in [0.2, 0.25) is 0 Å². The molecule has 0 unspecified atom stereocenters. The summed E-state index contributed by atoms with van der Waals surface area (Å²) in [5.41, 5.74) is 2.76. The molecule has 2 atom stereocenters. The van der Waals surface area contributed by atoms with E-state index in [1.807, 2.05) is 32.0 Å². The van der Waals surface area contributed by atoms with E-state index in [1.54, 1.807) is 6.92 Å². The van der Waals surface area contributed by atoms with Gasteiger partial charge < -0.3 is 15.0 Å². The van der Waals surface area contributed by atoms with Gasteiger partial charge >= 0.3 is 5.97 Å². The Morgan fingerprint density at radius 3 is 2.79 bits per heavy atom. The largest absolute Gasteiger partial charge is 0.480 e. The summed E-state index contributed by atoms with van der Waals surface area (Å²) < 4.78 is 0. The van der Waals surface area contributed by atoms with Gasteiger partial charge in [0.05, 0.1) is 11.7 Å². The molecule has 2 aliphatic rings. The van der Waals surface area contributed by atoms with E-state index < -0.39 is 17.7 Å². The Hall–Kier alpha value is -2.34. The summed E-state index contributed by atoms with van der Waals surface area (Å²) in [6.07, 6.45) is 0.616. The smallest absolute Gasteiger partial charge is 0.326 e. The lowest BCUT2D eigenvalue weighted by Crippen LogP contribution is -2.55. The van der Waals surface area contributed by atoms with Crippen LogP contribution in [-0.2, 0) is 22.6 Å². The minimum Gasteiger partial charge on any atom is -0.480 e. The molecule has 1 amide bonds. The van der Waals surface area contributed by atoms with Crippen molar-refractivity contribution in [3.05, 3.63) is 35.5 Å². The van der Waals surface area contributed by atoms with Crippen molar-refractivity contribution in [2.75, 3.05) is 0 Å². The van der Waals surface area contributed by atoms with Crippen LogP contribution in [0, 0.1) is 0 Å². The lowest BCUT2D eigenvalue weighted by Gasteiger charge is -2.41. The molecule has 1 saturated heterocycles. The van der Waals surface area contributed by atoms with E-state index in [9.17, 15) is 14.7 Å². The Labute approximate surface area is 140 Å². The maximum Gasteiger partial charge on any atom is 0.326 e. The molecule has 2 N–H and O–H groups in total. The summed E-state index contributed by atoms with van der Waals surface area (Å²) in [5.74, 6) is -1.06. The van der Waals surface area contributed by atoms with Crippen LogP contribution in [0.3, 0.4) is 0 Å². The number of nitrogens with zero attached hydrogens (tertiary/aromatic N) is 2. The van der Waals surface area contributed by atoms with E-state index in [0.29, 0.717) is 13.0 Å². The number of carbonyl (C=O) groups is 2. The summed E-state index contributed by atoms with van der Waals surface area (Å²) in [5, 5.41) is 10.5. The second-order valence-corrected chi connectivity index (χ2v) is 7.19. The molecule has 2 aliphatic heterocycles. The number of carboxylic acids is 1. The van der Waals surface area contributed by atoms with Crippen LogP contribution < -0.4 is 0 Å². The second kappa shape index (κ2) is 4.83. The Balaban J connectivity index is 1.78. The number of fused-ring (bicyclic) bond motifs is 4. The van der Waals surface area contributed by atoms with Crippen molar-refractivity contribution < 1.29 is 14.7 Å². The summed E-state index contributed by atoms with van der Waals surface area (Å²) in [6.45, 7) is 6.06. The predicted octanol–water partition coefficient (Wildman–Crippen LogP) is 1.95. The van der Waals surface area contributed by atoms with Gasteiger partial charge in [-0.05, 0) is 38.8 Å². The third kappa shape index (κ3) is 1.86. The summed E-state index contributed by atoms with van der Waals surface area (Å²) in [6, 6.07) is 6.98. The van der Waals surface area contributed by atoms with Crippen LogP contribution in [0.1, 0.15) is 32.0 Å². The molecule has 1 fully saturated rings. The van der Waals surface area contributed by atoms with Crippen molar-refractivity contribution in [3.63, 3.8) is 0 Å². The number of benzene rings is 1. The van der Waals surface area contributed by atoms with Crippen LogP contribution in [0.15, 0.2) is 24.3 Å². The quantitative estimate of drug-likeness (QED) is 0.884.